The average Bonchev–Trinajstić information content (AvgIpc) is 3.11. The van der Waals surface area contributed by atoms with Gasteiger partial charge in [0.05, 0.1) is 12.7 Å². The normalized spacial score (nSPS) is 13.6. The number of hydrogen-bond donors (Lipinski definition) is 2. The zero-order valence-corrected chi connectivity index (χ0v) is 32.0. The lowest BCUT2D eigenvalue weighted by atomic mass is 10.0. The summed E-state index contributed by atoms with van der Waals surface area (Å²) in [5, 5.41) is 19.3. The van der Waals surface area contributed by atoms with E-state index in [0.717, 1.165) is 44.9 Å². The molecule has 2 N–H and O–H groups in total. The van der Waals surface area contributed by atoms with Gasteiger partial charge in [0.25, 0.3) is 0 Å². The summed E-state index contributed by atoms with van der Waals surface area (Å²) in [7, 11) is 0. The molecule has 286 valence electrons. The van der Waals surface area contributed by atoms with Gasteiger partial charge in [-0.15, -0.1) is 0 Å². The molecule has 0 aliphatic carbocycles. The third-order valence-corrected chi connectivity index (χ3v) is 8.36. The lowest BCUT2D eigenvalue weighted by molar-refractivity contribution is -0.161. The van der Waals surface area contributed by atoms with Gasteiger partial charge >= 0.3 is 11.9 Å². The zero-order valence-electron chi connectivity index (χ0n) is 32.0. The van der Waals surface area contributed by atoms with Gasteiger partial charge < -0.3 is 19.7 Å². The zero-order chi connectivity index (χ0) is 36.6. The molecule has 0 amide bonds. The SMILES string of the molecule is CC/C=C\CC(O)/C=C/C=C/C/C=C\C/C=C\C/C=C\CCC(=O)O[C@@H](CO)COC(=O)CCCCCCCCCCCCCCCCCC. The first-order chi connectivity index (χ1) is 24.5. The highest BCUT2D eigenvalue weighted by Gasteiger charge is 2.15. The van der Waals surface area contributed by atoms with Crippen LogP contribution in [0.1, 0.15) is 168 Å². The Morgan fingerprint density at radius 1 is 0.580 bits per heavy atom. The molecule has 0 aliphatic heterocycles. The molecule has 1 unspecified atom stereocenters. The summed E-state index contributed by atoms with van der Waals surface area (Å²) in [5.74, 6) is -0.711. The van der Waals surface area contributed by atoms with Crippen molar-refractivity contribution >= 4 is 11.9 Å². The van der Waals surface area contributed by atoms with E-state index in [2.05, 4.69) is 50.3 Å². The number of carbonyl (C=O) groups excluding carboxylic acids is 2. The minimum absolute atomic E-state index is 0.107. The minimum Gasteiger partial charge on any atom is -0.462 e. The third-order valence-electron chi connectivity index (χ3n) is 8.36. The monoisotopic (exact) mass is 699 g/mol. The van der Waals surface area contributed by atoms with Crippen LogP contribution in [0.5, 0.6) is 0 Å². The van der Waals surface area contributed by atoms with Crippen LogP contribution >= 0.6 is 0 Å². The Bertz CT molecular complexity index is 944. The largest absolute Gasteiger partial charge is 0.462 e. The van der Waals surface area contributed by atoms with E-state index in [4.69, 9.17) is 9.47 Å². The Balaban J connectivity index is 3.73. The summed E-state index contributed by atoms with van der Waals surface area (Å²) in [5.41, 5.74) is 0. The molecule has 0 aromatic carbocycles. The lowest BCUT2D eigenvalue weighted by Crippen LogP contribution is -2.28. The van der Waals surface area contributed by atoms with E-state index >= 15 is 0 Å². The van der Waals surface area contributed by atoms with E-state index in [1.165, 1.54) is 83.5 Å². The molecule has 0 bridgehead atoms. The van der Waals surface area contributed by atoms with E-state index < -0.39 is 18.2 Å². The van der Waals surface area contributed by atoms with Crippen molar-refractivity contribution in [1.29, 1.82) is 0 Å². The third kappa shape index (κ3) is 36.6. The number of aliphatic hydroxyl groups is 2. The summed E-state index contributed by atoms with van der Waals surface area (Å²) in [4.78, 5) is 24.2. The van der Waals surface area contributed by atoms with Gasteiger partial charge in [0.2, 0.25) is 0 Å². The van der Waals surface area contributed by atoms with Crippen LogP contribution in [0.2, 0.25) is 0 Å². The fourth-order valence-electron chi connectivity index (χ4n) is 5.31. The summed E-state index contributed by atoms with van der Waals surface area (Å²) in [6, 6.07) is 0. The van der Waals surface area contributed by atoms with Crippen LogP contribution in [0.4, 0.5) is 0 Å². The number of esters is 2. The fourth-order valence-corrected chi connectivity index (χ4v) is 5.31. The Kier molecular flexibility index (Phi) is 37.0. The molecular formula is C44H74O6. The number of rotatable bonds is 35. The second-order valence-corrected chi connectivity index (χ2v) is 13.2. The standard InChI is InChI=1S/C44H74O6/c1-3-5-7-8-9-10-11-12-13-14-17-20-23-26-29-33-37-43(47)49-40-42(39-45)50-44(48)38-34-30-27-24-21-18-15-16-19-22-25-28-32-36-41(46)35-31-6-4-2/h6,16,18-19,21,25,27-28,30-32,36,41-42,45-46H,3-5,7-15,17,20,22-24,26,29,33-35,37-40H2,1-2H3/b19-16-,21-18-,28-25+,30-27-,31-6-,36-32+/t41?,42-/m0/s1. The number of unbranched alkanes of at least 4 members (excludes halogenated alkanes) is 15. The molecule has 0 rings (SSSR count). The average molecular weight is 699 g/mol. The van der Waals surface area contributed by atoms with E-state index in [1.807, 2.05) is 30.4 Å². The first-order valence-corrected chi connectivity index (χ1v) is 20.1. The predicted molar refractivity (Wildman–Crippen MR) is 211 cm³/mol. The van der Waals surface area contributed by atoms with E-state index in [1.54, 1.807) is 6.08 Å². The Morgan fingerprint density at radius 3 is 1.64 bits per heavy atom. The van der Waals surface area contributed by atoms with Crippen molar-refractivity contribution < 1.29 is 29.3 Å². The summed E-state index contributed by atoms with van der Waals surface area (Å²) in [6.07, 6.45) is 48.7. The number of hydrogen-bond acceptors (Lipinski definition) is 6. The maximum atomic E-state index is 12.1. The van der Waals surface area contributed by atoms with Crippen molar-refractivity contribution in [3.8, 4) is 0 Å². The van der Waals surface area contributed by atoms with Crippen molar-refractivity contribution in [2.24, 2.45) is 0 Å². The van der Waals surface area contributed by atoms with Crippen LogP contribution < -0.4 is 0 Å². The van der Waals surface area contributed by atoms with Gasteiger partial charge in [-0.05, 0) is 44.9 Å². The van der Waals surface area contributed by atoms with Crippen molar-refractivity contribution in [3.05, 3.63) is 72.9 Å². The van der Waals surface area contributed by atoms with Gasteiger partial charge in [0.15, 0.2) is 6.10 Å². The minimum atomic E-state index is -0.824. The van der Waals surface area contributed by atoms with E-state index in [-0.39, 0.29) is 25.6 Å². The van der Waals surface area contributed by atoms with Crippen molar-refractivity contribution in [2.75, 3.05) is 13.2 Å². The molecule has 0 heterocycles. The molecule has 0 aliphatic rings. The Hall–Kier alpha value is -2.70. The molecule has 0 aromatic heterocycles. The van der Waals surface area contributed by atoms with E-state index in [9.17, 15) is 19.8 Å². The molecule has 0 spiro atoms. The molecule has 0 saturated carbocycles. The van der Waals surface area contributed by atoms with Crippen LogP contribution in [0, 0.1) is 0 Å². The van der Waals surface area contributed by atoms with Crippen LogP contribution in [-0.2, 0) is 19.1 Å². The van der Waals surface area contributed by atoms with Gasteiger partial charge in [0, 0.05) is 12.8 Å². The Morgan fingerprint density at radius 2 is 1.10 bits per heavy atom. The van der Waals surface area contributed by atoms with Gasteiger partial charge in [-0.2, -0.15) is 0 Å². The highest BCUT2D eigenvalue weighted by molar-refractivity contribution is 5.70. The number of aliphatic hydroxyl groups excluding tert-OH is 2. The van der Waals surface area contributed by atoms with Gasteiger partial charge in [-0.25, -0.2) is 0 Å². The lowest BCUT2D eigenvalue weighted by Gasteiger charge is -2.15. The van der Waals surface area contributed by atoms with Crippen LogP contribution in [-0.4, -0.2) is 47.6 Å². The molecule has 0 saturated heterocycles. The first-order valence-electron chi connectivity index (χ1n) is 20.1. The van der Waals surface area contributed by atoms with Gasteiger partial charge in [0.1, 0.15) is 6.61 Å². The smallest absolute Gasteiger partial charge is 0.306 e. The predicted octanol–water partition coefficient (Wildman–Crippen LogP) is 11.5. The van der Waals surface area contributed by atoms with Gasteiger partial charge in [-0.3, -0.25) is 9.59 Å². The number of carbonyl (C=O) groups is 2. The summed E-state index contributed by atoms with van der Waals surface area (Å²) < 4.78 is 10.5. The molecule has 6 nitrogen and oxygen atoms in total. The Labute approximate surface area is 306 Å². The fraction of sp³-hybridized carbons (Fsp3) is 0.682. The molecule has 0 fully saturated rings. The second kappa shape index (κ2) is 39.1. The molecular weight excluding hydrogens is 624 g/mol. The molecule has 0 radical (unpaired) electrons. The van der Waals surface area contributed by atoms with Crippen molar-refractivity contribution in [3.63, 3.8) is 0 Å². The molecule has 2 atom stereocenters. The van der Waals surface area contributed by atoms with Crippen LogP contribution in [0.25, 0.3) is 0 Å². The number of ether oxygens (including phenoxy) is 2. The maximum Gasteiger partial charge on any atom is 0.306 e. The topological polar surface area (TPSA) is 93.1 Å². The molecule has 50 heavy (non-hydrogen) atoms. The maximum absolute atomic E-state index is 12.1. The number of allylic oxidation sites excluding steroid dienone is 10. The summed E-state index contributed by atoms with van der Waals surface area (Å²) >= 11 is 0. The molecule has 6 heteroatoms. The van der Waals surface area contributed by atoms with Gasteiger partial charge in [-0.1, -0.05) is 183 Å². The van der Waals surface area contributed by atoms with Crippen LogP contribution in [0.3, 0.4) is 0 Å². The van der Waals surface area contributed by atoms with Crippen LogP contribution in [0.15, 0.2) is 72.9 Å². The quantitative estimate of drug-likeness (QED) is 0.0296. The highest BCUT2D eigenvalue weighted by Crippen LogP contribution is 2.14. The first kappa shape index (κ1) is 47.3. The van der Waals surface area contributed by atoms with Crippen molar-refractivity contribution in [2.45, 2.75) is 180 Å². The summed E-state index contributed by atoms with van der Waals surface area (Å²) in [6.45, 7) is 3.86. The van der Waals surface area contributed by atoms with E-state index in [0.29, 0.717) is 19.3 Å². The van der Waals surface area contributed by atoms with Crippen molar-refractivity contribution in [1.82, 2.24) is 0 Å². The highest BCUT2D eigenvalue weighted by atomic mass is 16.6. The second-order valence-electron chi connectivity index (χ2n) is 13.2. The molecule has 0 aromatic rings.